The van der Waals surface area contributed by atoms with Crippen LogP contribution in [0.4, 0.5) is 0 Å². The first-order valence-corrected chi connectivity index (χ1v) is 22.3. The van der Waals surface area contributed by atoms with Crippen molar-refractivity contribution in [1.82, 2.24) is 0 Å². The highest BCUT2D eigenvalue weighted by Gasteiger charge is 2.48. The molecule has 0 spiro atoms. The zero-order valence-corrected chi connectivity index (χ0v) is 32.1. The summed E-state index contributed by atoms with van der Waals surface area (Å²) in [5, 5.41) is 10.4. The van der Waals surface area contributed by atoms with Crippen LogP contribution in [0, 0.1) is 0 Å². The number of allylic oxidation sites excluding steroid dienone is 5. The van der Waals surface area contributed by atoms with E-state index in [-0.39, 0.29) is 29.8 Å². The van der Waals surface area contributed by atoms with E-state index < -0.39 is 47.1 Å². The molecule has 11 heteroatoms. The summed E-state index contributed by atoms with van der Waals surface area (Å²) in [7, 11) is 2.15. The minimum absolute atomic E-state index is 0.0153. The van der Waals surface area contributed by atoms with Crippen molar-refractivity contribution in [1.29, 1.82) is 0 Å². The van der Waals surface area contributed by atoms with Crippen molar-refractivity contribution in [2.75, 3.05) is 35.0 Å². The number of aliphatic hydroxyl groups excluding tert-OH is 1. The number of rotatable bonds is 18. The second kappa shape index (κ2) is 19.4. The van der Waals surface area contributed by atoms with Crippen LogP contribution in [0.2, 0.25) is 37.8 Å². The fourth-order valence-electron chi connectivity index (χ4n) is 4.78. The van der Waals surface area contributed by atoms with E-state index >= 15 is 0 Å². The van der Waals surface area contributed by atoms with Crippen LogP contribution in [0.25, 0.3) is 0 Å². The van der Waals surface area contributed by atoms with E-state index in [4.69, 9.17) is 32.8 Å². The Kier molecular flexibility index (Phi) is 18.0. The lowest BCUT2D eigenvalue weighted by molar-refractivity contribution is -0.318. The topological polar surface area (TPSA) is 102 Å². The zero-order chi connectivity index (χ0) is 34.4. The fraction of sp³-hybridized carbons (Fsp3) is 0.735. The van der Waals surface area contributed by atoms with Gasteiger partial charge >= 0.3 is 5.97 Å². The maximum absolute atomic E-state index is 11.7. The van der Waals surface area contributed by atoms with E-state index in [0.717, 1.165) is 0 Å². The molecule has 1 N–H and O–H groups in total. The van der Waals surface area contributed by atoms with Crippen molar-refractivity contribution in [2.24, 2.45) is 0 Å². The molecule has 1 saturated heterocycles. The average molecular weight is 671 g/mol. The lowest BCUT2D eigenvalue weighted by atomic mass is 9.99. The van der Waals surface area contributed by atoms with Crippen LogP contribution in [0.1, 0.15) is 47.0 Å². The Bertz CT molecular complexity index is 995. The molecule has 1 aliphatic rings. The van der Waals surface area contributed by atoms with Crippen LogP contribution in [-0.4, -0.2) is 105 Å². The van der Waals surface area contributed by atoms with Crippen molar-refractivity contribution < 1.29 is 42.7 Å². The third-order valence-corrected chi connectivity index (χ3v) is 15.1. The largest absolute Gasteiger partial charge is 0.469 e. The highest BCUT2D eigenvalue weighted by molar-refractivity contribution is 6.83. The van der Waals surface area contributed by atoms with Gasteiger partial charge in [0.15, 0.2) is 14.6 Å². The van der Waals surface area contributed by atoms with Gasteiger partial charge in [-0.25, -0.2) is 0 Å². The summed E-state index contributed by atoms with van der Waals surface area (Å²) in [6, 6.07) is 0. The SMILES string of the molecule is COC(=O)CC/C=C/C[C@H](O[C@@H]1O[C@@H](C)[C@H](OC)[C@@H](OC)[C@H]1OC)[C@@H](/C=C(/C=C/C=C\CO)[Si](C)(C)C)O[Si](C)(C)C(C)(C)C. The number of ether oxygens (including phenoxy) is 6. The van der Waals surface area contributed by atoms with Gasteiger partial charge in [0.05, 0.1) is 40.1 Å². The molecular formula is C34H62O9Si2. The van der Waals surface area contributed by atoms with Gasteiger partial charge in [-0.15, -0.1) is 0 Å². The zero-order valence-electron chi connectivity index (χ0n) is 30.1. The Hall–Kier alpha value is -1.42. The number of carbonyl (C=O) groups excluding carboxylic acids is 1. The molecule has 260 valence electrons. The minimum Gasteiger partial charge on any atom is -0.469 e. The molecule has 1 aliphatic heterocycles. The molecule has 0 radical (unpaired) electrons. The number of methoxy groups -OCH3 is 4. The van der Waals surface area contributed by atoms with Crippen LogP contribution in [0.3, 0.4) is 0 Å². The van der Waals surface area contributed by atoms with Gasteiger partial charge in [0.25, 0.3) is 0 Å². The third-order valence-electron chi connectivity index (χ3n) is 8.57. The lowest BCUT2D eigenvalue weighted by Gasteiger charge is -2.46. The molecule has 0 amide bonds. The smallest absolute Gasteiger partial charge is 0.305 e. The molecule has 45 heavy (non-hydrogen) atoms. The van der Waals surface area contributed by atoms with Gasteiger partial charge in [-0.3, -0.25) is 4.79 Å². The van der Waals surface area contributed by atoms with Crippen LogP contribution in [0.15, 0.2) is 47.7 Å². The van der Waals surface area contributed by atoms with Gasteiger partial charge in [-0.05, 0) is 37.9 Å². The molecule has 0 saturated carbocycles. The summed E-state index contributed by atoms with van der Waals surface area (Å²) in [5.41, 5.74) is 0. The molecule has 0 bridgehead atoms. The van der Waals surface area contributed by atoms with Crippen molar-refractivity contribution >= 4 is 22.4 Å². The predicted octanol–water partition coefficient (Wildman–Crippen LogP) is 6.36. The average Bonchev–Trinajstić information content (AvgIpc) is 2.95. The summed E-state index contributed by atoms with van der Waals surface area (Å²) in [4.78, 5) is 11.7. The molecule has 0 aromatic heterocycles. The maximum atomic E-state index is 11.7. The second-order valence-electron chi connectivity index (χ2n) is 14.0. The first-order chi connectivity index (χ1) is 21.0. The summed E-state index contributed by atoms with van der Waals surface area (Å²) in [5.74, 6) is -0.248. The van der Waals surface area contributed by atoms with E-state index in [1.807, 2.05) is 31.2 Å². The molecule has 1 fully saturated rings. The Morgan fingerprint density at radius 2 is 1.53 bits per heavy atom. The normalized spacial score (nSPS) is 25.4. The highest BCUT2D eigenvalue weighted by Crippen LogP contribution is 2.39. The molecule has 0 aromatic rings. The Morgan fingerprint density at radius 1 is 0.911 bits per heavy atom. The summed E-state index contributed by atoms with van der Waals surface area (Å²) < 4.78 is 42.8. The van der Waals surface area contributed by atoms with Gasteiger partial charge in [0.2, 0.25) is 0 Å². The summed E-state index contributed by atoms with van der Waals surface area (Å²) in [6.07, 6.45) is 12.1. The highest BCUT2D eigenvalue weighted by atomic mass is 28.4. The van der Waals surface area contributed by atoms with Crippen LogP contribution in [0.5, 0.6) is 0 Å². The summed E-state index contributed by atoms with van der Waals surface area (Å²) in [6.45, 7) is 20.0. The van der Waals surface area contributed by atoms with Crippen molar-refractivity contribution in [2.45, 2.75) is 128 Å². The molecule has 7 atom stereocenters. The first kappa shape index (κ1) is 41.6. The van der Waals surface area contributed by atoms with Crippen LogP contribution >= 0.6 is 0 Å². The standard InChI is InChI=1S/C34H62O9Si2/c1-25-30(38-6)31(39-7)32(40-8)33(41-25)42-27(21-17-14-18-22-29(36)37-5)28(43-45(12,13)34(2,3)4)24-26(44(9,10)11)20-16-15-19-23-35/h14-17,19-20,24-25,27-28,30-33,35H,18,21-23H2,1-13H3/b17-14+,19-15-,20-16+,26-24-/t25-,27-,28+,30-,31+,32+,33-/m0/s1. The fourth-order valence-corrected chi connectivity index (χ4v) is 7.29. The minimum atomic E-state index is -2.30. The maximum Gasteiger partial charge on any atom is 0.305 e. The summed E-state index contributed by atoms with van der Waals surface area (Å²) >= 11 is 0. The molecule has 0 aliphatic carbocycles. The van der Waals surface area contributed by atoms with Gasteiger partial charge in [-0.1, -0.05) is 88.1 Å². The Labute approximate surface area is 275 Å². The number of aliphatic hydroxyl groups is 1. The molecule has 1 heterocycles. The second-order valence-corrected chi connectivity index (χ2v) is 23.8. The lowest BCUT2D eigenvalue weighted by Crippen LogP contribution is -2.60. The monoisotopic (exact) mass is 670 g/mol. The van der Waals surface area contributed by atoms with Crippen molar-refractivity contribution in [3.05, 3.63) is 47.7 Å². The predicted molar refractivity (Wildman–Crippen MR) is 185 cm³/mol. The quantitative estimate of drug-likeness (QED) is 0.0773. The molecule has 1 rings (SSSR count). The van der Waals surface area contributed by atoms with Crippen molar-refractivity contribution in [3.63, 3.8) is 0 Å². The van der Waals surface area contributed by atoms with Crippen molar-refractivity contribution in [3.8, 4) is 0 Å². The van der Waals surface area contributed by atoms with Crippen LogP contribution in [-0.2, 0) is 37.6 Å². The van der Waals surface area contributed by atoms with Crippen LogP contribution < -0.4 is 0 Å². The van der Waals surface area contributed by atoms with E-state index in [9.17, 15) is 9.90 Å². The Balaban J connectivity index is 3.74. The van der Waals surface area contributed by atoms with E-state index in [2.05, 4.69) is 65.7 Å². The molecule has 0 unspecified atom stereocenters. The van der Waals surface area contributed by atoms with E-state index in [1.54, 1.807) is 27.4 Å². The van der Waals surface area contributed by atoms with Gasteiger partial charge in [0.1, 0.15) is 18.3 Å². The number of carbonyl (C=O) groups is 1. The molecule has 9 nitrogen and oxygen atoms in total. The number of hydrogen-bond donors (Lipinski definition) is 1. The van der Waals surface area contributed by atoms with Gasteiger partial charge in [0, 0.05) is 27.8 Å². The Morgan fingerprint density at radius 3 is 2.04 bits per heavy atom. The first-order valence-electron chi connectivity index (χ1n) is 15.9. The number of esters is 1. The molecule has 0 aromatic carbocycles. The van der Waals surface area contributed by atoms with E-state index in [1.165, 1.54) is 12.3 Å². The van der Waals surface area contributed by atoms with Gasteiger partial charge in [-0.2, -0.15) is 0 Å². The molecular weight excluding hydrogens is 609 g/mol. The van der Waals surface area contributed by atoms with Gasteiger partial charge < -0.3 is 38.0 Å². The number of hydrogen-bond acceptors (Lipinski definition) is 9. The third kappa shape index (κ3) is 13.3. The van der Waals surface area contributed by atoms with E-state index in [0.29, 0.717) is 19.3 Å².